The fraction of sp³-hybridized carbons (Fsp3) is 0.889. The highest BCUT2D eigenvalue weighted by Gasteiger charge is 2.23. The summed E-state index contributed by atoms with van der Waals surface area (Å²) < 4.78 is 5.20. The van der Waals surface area contributed by atoms with Gasteiger partial charge in [0, 0.05) is 21.6 Å². The van der Waals surface area contributed by atoms with Gasteiger partial charge in [0.2, 0.25) is 0 Å². The van der Waals surface area contributed by atoms with Crippen molar-refractivity contribution in [2.24, 2.45) is 0 Å². The Balaban J connectivity index is 4.41. The largest absolute Gasteiger partial charge is 0.346 e. The van der Waals surface area contributed by atoms with Crippen molar-refractivity contribution < 1.29 is 4.52 Å². The Hall–Kier alpha value is -0.160. The molecule has 0 rings (SSSR count). The normalized spacial score (nSPS) is 13.8. The van der Waals surface area contributed by atoms with Gasteiger partial charge in [-0.3, -0.25) is 4.90 Å². The van der Waals surface area contributed by atoms with Crippen LogP contribution in [-0.2, 0) is 4.52 Å². The lowest BCUT2D eigenvalue weighted by molar-refractivity contribution is -0.00349. The Kier molecular flexibility index (Phi) is 6.24. The van der Waals surface area contributed by atoms with Crippen molar-refractivity contribution >= 4 is 9.47 Å². The van der Waals surface area contributed by atoms with E-state index in [2.05, 4.69) is 48.1 Å². The monoisotopic (exact) mass is 202 g/mol. The van der Waals surface area contributed by atoms with E-state index in [1.807, 2.05) is 0 Å². The molecule has 13 heavy (non-hydrogen) atoms. The zero-order valence-electron chi connectivity index (χ0n) is 8.82. The molecule has 0 heterocycles. The van der Waals surface area contributed by atoms with Gasteiger partial charge in [-0.25, -0.2) is 0 Å². The second-order valence-corrected chi connectivity index (χ2v) is 3.86. The van der Waals surface area contributed by atoms with E-state index >= 15 is 0 Å². The summed E-state index contributed by atoms with van der Waals surface area (Å²) in [4.78, 5) is 2.18. The molecule has 0 saturated carbocycles. The molecule has 76 valence electrons. The fourth-order valence-corrected chi connectivity index (χ4v) is 1.80. The molecule has 0 N–H and O–H groups in total. The lowest BCUT2D eigenvalue weighted by Gasteiger charge is -2.35. The van der Waals surface area contributed by atoms with E-state index in [4.69, 9.17) is 9.79 Å². The van der Waals surface area contributed by atoms with Crippen LogP contribution in [0.4, 0.5) is 0 Å². The molecule has 0 fully saturated rings. The summed E-state index contributed by atoms with van der Waals surface area (Å²) in [5, 5.41) is 8.61. The third kappa shape index (κ3) is 4.04. The summed E-state index contributed by atoms with van der Waals surface area (Å²) in [6.07, 6.45) is 0.287. The van der Waals surface area contributed by atoms with Gasteiger partial charge >= 0.3 is 0 Å². The predicted octanol–water partition coefficient (Wildman–Crippen LogP) is 2.15. The van der Waals surface area contributed by atoms with Crippen LogP contribution in [0.15, 0.2) is 0 Å². The molecule has 0 aliphatic carbocycles. The van der Waals surface area contributed by atoms with E-state index in [1.54, 1.807) is 0 Å². The second kappa shape index (κ2) is 6.32. The molecular weight excluding hydrogens is 183 g/mol. The van der Waals surface area contributed by atoms with E-state index in [0.717, 1.165) is 0 Å². The summed E-state index contributed by atoms with van der Waals surface area (Å²) in [5.74, 6) is 0. The average molecular weight is 202 g/mol. The van der Waals surface area contributed by atoms with Crippen LogP contribution >= 0.6 is 9.47 Å². The van der Waals surface area contributed by atoms with E-state index in [9.17, 15) is 0 Å². The van der Waals surface area contributed by atoms with Crippen LogP contribution in [0.5, 0.6) is 0 Å². The van der Waals surface area contributed by atoms with Crippen molar-refractivity contribution in [1.82, 2.24) is 4.90 Å². The molecule has 0 bridgehead atoms. The maximum atomic E-state index is 8.61. The predicted molar refractivity (Wildman–Crippen MR) is 56.9 cm³/mol. The lowest BCUT2D eigenvalue weighted by atomic mass is 10.2. The van der Waals surface area contributed by atoms with Gasteiger partial charge in [-0.05, 0) is 27.7 Å². The van der Waals surface area contributed by atoms with Crippen molar-refractivity contribution in [2.75, 3.05) is 0 Å². The van der Waals surface area contributed by atoms with Crippen molar-refractivity contribution in [3.8, 4) is 6.07 Å². The van der Waals surface area contributed by atoms with Gasteiger partial charge in [0.15, 0.2) is 0 Å². The van der Waals surface area contributed by atoms with Crippen molar-refractivity contribution in [3.63, 3.8) is 0 Å². The van der Waals surface area contributed by atoms with Gasteiger partial charge < -0.3 is 4.52 Å². The van der Waals surface area contributed by atoms with Crippen molar-refractivity contribution in [1.29, 1.82) is 5.26 Å². The zero-order valence-corrected chi connectivity index (χ0v) is 9.97. The highest BCUT2D eigenvalue weighted by molar-refractivity contribution is 7.09. The minimum atomic E-state index is -0.116. The van der Waals surface area contributed by atoms with Crippen LogP contribution in [0.1, 0.15) is 34.1 Å². The molecule has 0 aromatic carbocycles. The summed E-state index contributed by atoms with van der Waals surface area (Å²) >= 11 is 0. The van der Waals surface area contributed by atoms with Gasteiger partial charge in [-0.2, -0.15) is 5.26 Å². The van der Waals surface area contributed by atoms with E-state index < -0.39 is 0 Å². The molecule has 0 radical (unpaired) electrons. The first-order valence-corrected chi connectivity index (χ1v) is 5.01. The van der Waals surface area contributed by atoms with E-state index in [-0.39, 0.29) is 6.23 Å². The van der Waals surface area contributed by atoms with Crippen LogP contribution < -0.4 is 0 Å². The summed E-state index contributed by atoms with van der Waals surface area (Å²) in [6.45, 7) is 8.42. The minimum Gasteiger partial charge on any atom is -0.346 e. The van der Waals surface area contributed by atoms with Gasteiger partial charge in [0.25, 0.3) is 0 Å². The number of nitriles is 1. The maximum absolute atomic E-state index is 8.61. The minimum absolute atomic E-state index is 0.116. The Morgan fingerprint density at radius 2 is 1.77 bits per heavy atom. The van der Waals surface area contributed by atoms with Gasteiger partial charge in [0.05, 0.1) is 12.5 Å². The molecule has 0 amide bonds. The van der Waals surface area contributed by atoms with Gasteiger partial charge in [-0.1, -0.05) is 0 Å². The van der Waals surface area contributed by atoms with Crippen molar-refractivity contribution in [3.05, 3.63) is 0 Å². The average Bonchev–Trinajstić information content (AvgIpc) is 2.02. The van der Waals surface area contributed by atoms with E-state index in [0.29, 0.717) is 18.5 Å². The SMILES string of the molecule is CC(C)N(C(C)C)C(CC#N)OP. The highest BCUT2D eigenvalue weighted by atomic mass is 31.0. The Morgan fingerprint density at radius 3 is 2.00 bits per heavy atom. The molecule has 0 saturated heterocycles. The third-order valence-electron chi connectivity index (χ3n) is 1.95. The highest BCUT2D eigenvalue weighted by Crippen LogP contribution is 2.16. The number of hydrogen-bond acceptors (Lipinski definition) is 3. The van der Waals surface area contributed by atoms with Crippen molar-refractivity contribution in [2.45, 2.75) is 52.4 Å². The maximum Gasteiger partial charge on any atom is 0.127 e. The van der Waals surface area contributed by atoms with E-state index in [1.165, 1.54) is 0 Å². The van der Waals surface area contributed by atoms with Gasteiger partial charge in [0.1, 0.15) is 6.23 Å². The second-order valence-electron chi connectivity index (χ2n) is 3.59. The molecule has 0 aromatic rings. The first-order chi connectivity index (χ1) is 6.04. The van der Waals surface area contributed by atoms with Gasteiger partial charge in [-0.15, -0.1) is 0 Å². The number of nitrogens with zero attached hydrogens (tertiary/aromatic N) is 2. The topological polar surface area (TPSA) is 36.3 Å². The molecule has 3 nitrogen and oxygen atoms in total. The van der Waals surface area contributed by atoms with Crippen LogP contribution in [0, 0.1) is 11.3 Å². The quantitative estimate of drug-likeness (QED) is 0.506. The van der Waals surface area contributed by atoms with Crippen LogP contribution in [0.25, 0.3) is 0 Å². The van der Waals surface area contributed by atoms with Crippen LogP contribution in [-0.4, -0.2) is 23.2 Å². The molecule has 0 aliphatic rings. The number of rotatable bonds is 5. The molecule has 4 heteroatoms. The van der Waals surface area contributed by atoms with Crippen LogP contribution in [0.2, 0.25) is 0 Å². The first kappa shape index (κ1) is 12.8. The fourth-order valence-electron chi connectivity index (χ4n) is 1.56. The summed E-state index contributed by atoms with van der Waals surface area (Å²) in [6, 6.07) is 2.90. The lowest BCUT2D eigenvalue weighted by Crippen LogP contribution is -2.45. The summed E-state index contributed by atoms with van der Waals surface area (Å²) in [5.41, 5.74) is 0. The Morgan fingerprint density at radius 1 is 1.31 bits per heavy atom. The van der Waals surface area contributed by atoms with Crippen LogP contribution in [0.3, 0.4) is 0 Å². The molecule has 2 unspecified atom stereocenters. The zero-order chi connectivity index (χ0) is 10.4. The molecular formula is C9H19N2OP. The Labute approximate surface area is 83.3 Å². The third-order valence-corrected chi connectivity index (χ3v) is 2.26. The number of hydrogen-bond donors (Lipinski definition) is 0. The molecule has 2 atom stereocenters. The standard InChI is InChI=1S/C9H19N2OP/c1-7(2)11(8(3)4)9(12-13)5-6-10/h7-9H,5,13H2,1-4H3. The summed E-state index contributed by atoms with van der Waals surface area (Å²) in [7, 11) is 2.23. The molecule has 0 aliphatic heterocycles. The smallest absolute Gasteiger partial charge is 0.127 e. The Bertz CT molecular complexity index is 169. The molecule has 0 aromatic heterocycles. The molecule has 0 spiro atoms. The first-order valence-electron chi connectivity index (χ1n) is 4.54.